The lowest BCUT2D eigenvalue weighted by Crippen LogP contribution is -2.53. The third kappa shape index (κ3) is 19.6. The van der Waals surface area contributed by atoms with Crippen LogP contribution in [0.4, 0.5) is 9.18 Å². The van der Waals surface area contributed by atoms with Gasteiger partial charge >= 0.3 is 35.9 Å². The van der Waals surface area contributed by atoms with E-state index in [-0.39, 0.29) is 49.9 Å². The van der Waals surface area contributed by atoms with Crippen molar-refractivity contribution in [1.82, 2.24) is 42.2 Å². The van der Waals surface area contributed by atoms with E-state index in [0.717, 1.165) is 29.1 Å². The average molecular weight is 1030 g/mol. The van der Waals surface area contributed by atoms with Crippen molar-refractivity contribution in [3.63, 3.8) is 0 Å². The van der Waals surface area contributed by atoms with Gasteiger partial charge in [0, 0.05) is 50.5 Å². The van der Waals surface area contributed by atoms with Crippen LogP contribution >= 0.6 is 0 Å². The van der Waals surface area contributed by atoms with E-state index in [2.05, 4.69) is 36.9 Å². The first kappa shape index (κ1) is 57.5. The predicted molar refractivity (Wildman–Crippen MR) is 257 cm³/mol. The van der Waals surface area contributed by atoms with E-state index in [0.29, 0.717) is 11.1 Å². The number of hydrogen-bond acceptors (Lipinski definition) is 12. The topological polar surface area (TPSA) is 386 Å². The second kappa shape index (κ2) is 28.7. The number of hydrogen-bond donors (Lipinski definition) is 12. The molecule has 12 N–H and O–H groups in total. The quantitative estimate of drug-likeness (QED) is 0.0261. The van der Waals surface area contributed by atoms with Crippen molar-refractivity contribution < 1.29 is 82.7 Å². The Labute approximate surface area is 420 Å². The van der Waals surface area contributed by atoms with Gasteiger partial charge in [-0.2, -0.15) is 4.39 Å². The Balaban J connectivity index is 1.38. The maximum atomic E-state index is 13.7. The number of fused-ring (bicyclic) bond motifs is 1. The van der Waals surface area contributed by atoms with Gasteiger partial charge in [-0.3, -0.25) is 38.4 Å². The smallest absolute Gasteiger partial charge is 0.326 e. The lowest BCUT2D eigenvalue weighted by Gasteiger charge is -2.23. The van der Waals surface area contributed by atoms with E-state index < -0.39 is 140 Å². The molecule has 0 saturated heterocycles. The van der Waals surface area contributed by atoms with Crippen LogP contribution in [-0.2, 0) is 51.3 Å². The largest absolute Gasteiger partial charge is 0.481 e. The third-order valence-electron chi connectivity index (χ3n) is 11.2. The monoisotopic (exact) mass is 1030 g/mol. The van der Waals surface area contributed by atoms with Crippen molar-refractivity contribution in [3.05, 3.63) is 113 Å². The summed E-state index contributed by atoms with van der Waals surface area (Å²) in [5.41, 5.74) is 1.12. The molecular weight excluding hydrogens is 975 g/mol. The summed E-state index contributed by atoms with van der Waals surface area (Å²) in [5, 5.41) is 65.2. The fraction of sp³-hybridized carbons (Fsp3) is 0.347. The summed E-state index contributed by atoms with van der Waals surface area (Å²) < 4.78 is 13.3. The van der Waals surface area contributed by atoms with Gasteiger partial charge in [-0.05, 0) is 84.7 Å². The Kier molecular flexibility index (Phi) is 22.3. The van der Waals surface area contributed by atoms with Crippen LogP contribution in [-0.4, -0.2) is 133 Å². The van der Waals surface area contributed by atoms with Crippen LogP contribution in [0.25, 0.3) is 10.8 Å². The number of nitrogens with zero attached hydrogens (tertiary/aromatic N) is 1. The zero-order valence-electron chi connectivity index (χ0n) is 39.5. The number of carbonyl (C=O) groups is 11. The van der Waals surface area contributed by atoms with E-state index in [1.807, 2.05) is 41.7 Å². The molecule has 0 saturated carbocycles. The van der Waals surface area contributed by atoms with E-state index in [1.165, 1.54) is 24.3 Å². The van der Waals surface area contributed by atoms with E-state index in [9.17, 15) is 77.6 Å². The molecule has 7 amide bonds. The molecule has 25 heteroatoms. The van der Waals surface area contributed by atoms with Crippen molar-refractivity contribution in [2.24, 2.45) is 0 Å². The van der Waals surface area contributed by atoms with E-state index in [1.54, 1.807) is 6.07 Å². The number of carboxylic acid groups (broad SMARTS) is 5. The van der Waals surface area contributed by atoms with Crippen LogP contribution in [0.3, 0.4) is 0 Å². The van der Waals surface area contributed by atoms with Gasteiger partial charge in [0.25, 0.3) is 11.8 Å². The molecule has 74 heavy (non-hydrogen) atoms. The van der Waals surface area contributed by atoms with E-state index in [4.69, 9.17) is 5.11 Å². The molecule has 0 aliphatic rings. The molecule has 0 spiro atoms. The molecular formula is C49H55FN8O16. The predicted octanol–water partition coefficient (Wildman–Crippen LogP) is 1.70. The minimum atomic E-state index is -1.58. The lowest BCUT2D eigenvalue weighted by atomic mass is 10.0. The summed E-state index contributed by atoms with van der Waals surface area (Å²) in [6, 6.07) is 12.6. The first-order valence-corrected chi connectivity index (χ1v) is 23.0. The first-order valence-electron chi connectivity index (χ1n) is 23.0. The van der Waals surface area contributed by atoms with Gasteiger partial charge < -0.3 is 62.8 Å². The van der Waals surface area contributed by atoms with Crippen LogP contribution in [0.5, 0.6) is 0 Å². The van der Waals surface area contributed by atoms with Crippen molar-refractivity contribution in [3.8, 4) is 0 Å². The molecule has 0 aliphatic carbocycles. The number of halogens is 1. The highest BCUT2D eigenvalue weighted by Crippen LogP contribution is 2.18. The zero-order valence-corrected chi connectivity index (χ0v) is 39.5. The van der Waals surface area contributed by atoms with Crippen molar-refractivity contribution in [2.75, 3.05) is 6.54 Å². The molecule has 0 unspecified atom stereocenters. The van der Waals surface area contributed by atoms with Crippen LogP contribution in [0, 0.1) is 5.95 Å². The fourth-order valence-electron chi connectivity index (χ4n) is 7.18. The highest BCUT2D eigenvalue weighted by atomic mass is 18.2. The Morgan fingerprint density at radius 1 is 0.486 bits per heavy atom. The molecule has 0 radical (unpaired) electrons. The van der Waals surface area contributed by atoms with Crippen LogP contribution in [0.15, 0.2) is 85.1 Å². The molecule has 3 aromatic carbocycles. The maximum Gasteiger partial charge on any atom is 0.326 e. The SMILES string of the molecule is O=C(O)CC[C@H](NC(=O)N[C@@H](CCCCNC(=O)[C@H](Cc1ccc2ccccc2c1)NC(=O)c1ccc(CNC(=O)[C@H](CCC(=O)O)NC(=O)[C@H](CCC(=O)O)NC(=O)c2ccc([18F])nc2)cc1)C(=O)O)C(=O)O. The molecule has 394 valence electrons. The van der Waals surface area contributed by atoms with Gasteiger partial charge in [-0.25, -0.2) is 19.4 Å². The van der Waals surface area contributed by atoms with Gasteiger partial charge in [0.1, 0.15) is 30.2 Å². The Morgan fingerprint density at radius 3 is 1.58 bits per heavy atom. The second-order valence-corrected chi connectivity index (χ2v) is 16.8. The number of aliphatic carboxylic acids is 5. The second-order valence-electron chi connectivity index (χ2n) is 16.8. The molecule has 1 aromatic heterocycles. The van der Waals surface area contributed by atoms with Gasteiger partial charge in [0.15, 0.2) is 0 Å². The van der Waals surface area contributed by atoms with Crippen molar-refractivity contribution >= 4 is 76.2 Å². The number of unbranched alkanes of at least 4 members (excludes halogenated alkanes) is 1. The van der Waals surface area contributed by atoms with Gasteiger partial charge in [-0.15, -0.1) is 0 Å². The van der Waals surface area contributed by atoms with Crippen LogP contribution in [0.1, 0.15) is 89.6 Å². The third-order valence-corrected chi connectivity index (χ3v) is 11.2. The Bertz CT molecular complexity index is 2690. The van der Waals surface area contributed by atoms with Gasteiger partial charge in [-0.1, -0.05) is 54.6 Å². The number of carboxylic acids is 5. The fourth-order valence-corrected chi connectivity index (χ4v) is 7.18. The number of aromatic nitrogens is 1. The summed E-state index contributed by atoms with van der Waals surface area (Å²) in [6.07, 6.45) is -1.76. The summed E-state index contributed by atoms with van der Waals surface area (Å²) in [6.45, 7) is -0.156. The number of urea groups is 1. The standard InChI is InChI=1S/C49H55FN8O16/c50-38-18-14-32(26-52-38)43(66)54-34(16-20-40(61)62)46(69)55-33(15-19-39(59)60)44(67)53-25-27-8-12-30(13-9-27)42(65)56-37(24-28-10-11-29-5-1-2-6-31(29)23-28)45(68)51-22-4-3-7-35(47(70)71)57-49(74)58-36(48(72)73)17-21-41(63)64/h1-2,5-6,8-14,18,23,26,33-37H,3-4,7,15-17,19-22,24-25H2,(H,51,68)(H,53,67)(H,54,66)(H,55,69)(H,56,65)(H,59,60)(H,61,62)(H,63,64)(H,70,71)(H,72,73)(H2,57,58,74)/t33-,34-,35-,36-,37-/m0/s1/i50-1. The van der Waals surface area contributed by atoms with E-state index >= 15 is 0 Å². The van der Waals surface area contributed by atoms with Crippen LogP contribution in [0.2, 0.25) is 0 Å². The Hall–Kier alpha value is -9.03. The number of benzene rings is 3. The molecule has 1 heterocycles. The number of carbonyl (C=O) groups excluding carboxylic acids is 6. The summed E-state index contributed by atoms with van der Waals surface area (Å²) >= 11 is 0. The highest BCUT2D eigenvalue weighted by molar-refractivity contribution is 5.99. The first-order chi connectivity index (χ1) is 35.2. The molecule has 0 aliphatic heterocycles. The molecule has 0 bridgehead atoms. The molecule has 0 fully saturated rings. The molecule has 5 atom stereocenters. The summed E-state index contributed by atoms with van der Waals surface area (Å²) in [5.74, 6) is -11.7. The van der Waals surface area contributed by atoms with Gasteiger partial charge in [0.05, 0.1) is 5.56 Å². The number of pyridine rings is 1. The average Bonchev–Trinajstić information content (AvgIpc) is 3.35. The van der Waals surface area contributed by atoms with Gasteiger partial charge in [0.2, 0.25) is 23.7 Å². The van der Waals surface area contributed by atoms with Crippen LogP contribution < -0.4 is 37.2 Å². The number of rotatable bonds is 30. The lowest BCUT2D eigenvalue weighted by molar-refractivity contribution is -0.141. The Morgan fingerprint density at radius 2 is 1.00 bits per heavy atom. The number of amides is 7. The minimum absolute atomic E-state index is 0.0241. The zero-order chi connectivity index (χ0) is 54.3. The van der Waals surface area contributed by atoms with Crippen molar-refractivity contribution in [1.29, 1.82) is 0 Å². The number of nitrogens with one attached hydrogen (secondary N) is 7. The normalized spacial score (nSPS) is 12.8. The van der Waals surface area contributed by atoms with Crippen molar-refractivity contribution in [2.45, 2.75) is 101 Å². The summed E-state index contributed by atoms with van der Waals surface area (Å²) in [7, 11) is 0. The molecule has 4 rings (SSSR count). The minimum Gasteiger partial charge on any atom is -0.481 e. The maximum absolute atomic E-state index is 13.7. The summed E-state index contributed by atoms with van der Waals surface area (Å²) in [4.78, 5) is 140. The highest BCUT2D eigenvalue weighted by Gasteiger charge is 2.29. The molecule has 24 nitrogen and oxygen atoms in total. The molecule has 4 aromatic rings.